The molecule has 2 aromatic carbocycles. The fourth-order valence-electron chi connectivity index (χ4n) is 3.04. The molecule has 2 N–H and O–H groups in total. The average molecular weight is 539 g/mol. The summed E-state index contributed by atoms with van der Waals surface area (Å²) in [6.07, 6.45) is 0. The number of alkyl halides is 3. The van der Waals surface area contributed by atoms with Crippen LogP contribution in [0, 0.1) is 5.82 Å². The summed E-state index contributed by atoms with van der Waals surface area (Å²) in [4.78, 5) is 14.7. The minimum Gasteiger partial charge on any atom is -0.378 e. The van der Waals surface area contributed by atoms with E-state index in [1.807, 2.05) is 18.2 Å². The van der Waals surface area contributed by atoms with Crippen LogP contribution < -0.4 is 10.2 Å². The van der Waals surface area contributed by atoms with Crippen molar-refractivity contribution in [2.24, 2.45) is 0 Å². The summed E-state index contributed by atoms with van der Waals surface area (Å²) in [5.41, 5.74) is -2.73. The Kier molecular flexibility index (Phi) is 9.67. The highest BCUT2D eigenvalue weighted by molar-refractivity contribution is 7.86. The molecule has 192 valence electrons. The van der Waals surface area contributed by atoms with Crippen molar-refractivity contribution in [3.05, 3.63) is 70.5 Å². The van der Waals surface area contributed by atoms with E-state index in [4.69, 9.17) is 29.3 Å². The molecule has 1 aliphatic heterocycles. The zero-order valence-corrected chi connectivity index (χ0v) is 20.1. The molecule has 3 rings (SSSR count). The number of ether oxygens (including phenoxy) is 1. The first-order chi connectivity index (χ1) is 16.2. The van der Waals surface area contributed by atoms with E-state index in [0.29, 0.717) is 42.5 Å². The van der Waals surface area contributed by atoms with Gasteiger partial charge in [-0.2, -0.15) is 21.6 Å². The van der Waals surface area contributed by atoms with Gasteiger partial charge in [0.2, 0.25) is 0 Å². The van der Waals surface area contributed by atoms with Gasteiger partial charge >= 0.3 is 15.6 Å². The molecule has 0 saturated carbocycles. The smallest absolute Gasteiger partial charge is 0.378 e. The normalized spacial score (nSPS) is 14.1. The Morgan fingerprint density at radius 1 is 1.20 bits per heavy atom. The fourth-order valence-corrected chi connectivity index (χ4v) is 3.16. The predicted molar refractivity (Wildman–Crippen MR) is 124 cm³/mol. The number of amides is 1. The quantitative estimate of drug-likeness (QED) is 0.326. The van der Waals surface area contributed by atoms with Crippen molar-refractivity contribution in [1.82, 2.24) is 5.32 Å². The standard InChI is InChI=1S/C21H22ClFN2O2.CHF3O3S/c1-14(2)18-11-17(25-7-9-27-10-8-25)12-19(23)20(18)21(26)24-13-15-3-5-16(22)6-4-15;2-1(3,4)8(5,6)7/h3-6,11-12H,1,7-10,13H2,2H3,(H,24,26);(H,5,6,7). The summed E-state index contributed by atoms with van der Waals surface area (Å²) in [7, 11) is -5.84. The maximum Gasteiger partial charge on any atom is 0.522 e. The lowest BCUT2D eigenvalue weighted by Crippen LogP contribution is -2.36. The van der Waals surface area contributed by atoms with Gasteiger partial charge in [-0.25, -0.2) is 4.39 Å². The molecule has 0 aliphatic carbocycles. The number of morpholine rings is 1. The van der Waals surface area contributed by atoms with Crippen molar-refractivity contribution in [2.75, 3.05) is 31.2 Å². The fraction of sp³-hybridized carbons (Fsp3) is 0.318. The van der Waals surface area contributed by atoms with E-state index in [1.165, 1.54) is 6.07 Å². The Morgan fingerprint density at radius 3 is 2.23 bits per heavy atom. The molecule has 13 heteroatoms. The summed E-state index contributed by atoms with van der Waals surface area (Å²) in [6, 6.07) is 10.4. The van der Waals surface area contributed by atoms with Crippen LogP contribution in [0.3, 0.4) is 0 Å². The molecular weight excluding hydrogens is 516 g/mol. The van der Waals surface area contributed by atoms with E-state index in [-0.39, 0.29) is 12.1 Å². The number of anilines is 1. The Bertz CT molecular complexity index is 1170. The van der Waals surface area contributed by atoms with Crippen LogP contribution in [0.1, 0.15) is 28.4 Å². The summed E-state index contributed by atoms with van der Waals surface area (Å²) in [5.74, 6) is -1.01. The molecule has 1 heterocycles. The lowest BCUT2D eigenvalue weighted by Gasteiger charge is -2.29. The van der Waals surface area contributed by atoms with Crippen LogP contribution in [0.15, 0.2) is 43.0 Å². The molecule has 0 bridgehead atoms. The number of nitrogens with zero attached hydrogens (tertiary/aromatic N) is 1. The van der Waals surface area contributed by atoms with Crippen molar-refractivity contribution in [3.8, 4) is 0 Å². The van der Waals surface area contributed by atoms with Crippen LogP contribution in [-0.4, -0.2) is 50.7 Å². The number of benzene rings is 2. The lowest BCUT2D eigenvalue weighted by molar-refractivity contribution is -0.0510. The van der Waals surface area contributed by atoms with Crippen LogP contribution >= 0.6 is 11.6 Å². The maximum atomic E-state index is 14.9. The van der Waals surface area contributed by atoms with Crippen LogP contribution in [-0.2, 0) is 21.4 Å². The van der Waals surface area contributed by atoms with E-state index in [1.54, 1.807) is 19.1 Å². The maximum absolute atomic E-state index is 14.9. The van der Waals surface area contributed by atoms with Crippen molar-refractivity contribution in [2.45, 2.75) is 19.0 Å². The highest BCUT2D eigenvalue weighted by Crippen LogP contribution is 2.28. The number of carbonyl (C=O) groups is 1. The molecule has 1 saturated heterocycles. The van der Waals surface area contributed by atoms with Gasteiger partial charge in [-0.15, -0.1) is 0 Å². The van der Waals surface area contributed by atoms with Crippen molar-refractivity contribution in [3.63, 3.8) is 0 Å². The number of carbonyl (C=O) groups excluding carboxylic acids is 1. The van der Waals surface area contributed by atoms with Crippen molar-refractivity contribution < 1.29 is 40.1 Å². The molecule has 0 radical (unpaired) electrons. The molecule has 0 spiro atoms. The number of hydrogen-bond acceptors (Lipinski definition) is 5. The lowest BCUT2D eigenvalue weighted by atomic mass is 9.99. The number of halogens is 5. The first-order valence-electron chi connectivity index (χ1n) is 10.1. The largest absolute Gasteiger partial charge is 0.522 e. The van der Waals surface area contributed by atoms with Gasteiger partial charge in [-0.1, -0.05) is 35.9 Å². The summed E-state index contributed by atoms with van der Waals surface area (Å²) < 4.78 is 77.8. The Labute approximate surface area is 205 Å². The zero-order chi connectivity index (χ0) is 26.4. The summed E-state index contributed by atoms with van der Waals surface area (Å²) in [5, 5.41) is 3.40. The molecule has 0 unspecified atom stereocenters. The van der Waals surface area contributed by atoms with Gasteiger partial charge in [0.15, 0.2) is 0 Å². The second-order valence-electron chi connectivity index (χ2n) is 7.46. The molecular formula is C22H23ClF4N2O5S. The zero-order valence-electron chi connectivity index (χ0n) is 18.5. The average Bonchev–Trinajstić information content (AvgIpc) is 2.77. The van der Waals surface area contributed by atoms with Gasteiger partial charge in [0.1, 0.15) is 5.82 Å². The summed E-state index contributed by atoms with van der Waals surface area (Å²) in [6.45, 7) is 8.57. The monoisotopic (exact) mass is 538 g/mol. The third-order valence-corrected chi connectivity index (χ3v) is 5.63. The predicted octanol–water partition coefficient (Wildman–Crippen LogP) is 4.67. The Balaban J connectivity index is 0.000000466. The van der Waals surface area contributed by atoms with Gasteiger partial charge in [-0.3, -0.25) is 9.35 Å². The van der Waals surface area contributed by atoms with Gasteiger partial charge in [0.05, 0.1) is 18.8 Å². The first kappa shape index (κ1) is 28.6. The number of allylic oxidation sites excluding steroid dienone is 1. The molecule has 1 aliphatic rings. The van der Waals surface area contributed by atoms with E-state index < -0.39 is 27.4 Å². The van der Waals surface area contributed by atoms with Crippen molar-refractivity contribution >= 4 is 38.9 Å². The van der Waals surface area contributed by atoms with Crippen LogP contribution in [0.5, 0.6) is 0 Å². The van der Waals surface area contributed by atoms with Gasteiger partial charge in [0.25, 0.3) is 5.91 Å². The third kappa shape index (κ3) is 8.20. The Morgan fingerprint density at radius 2 is 1.74 bits per heavy atom. The number of rotatable bonds is 5. The highest BCUT2D eigenvalue weighted by Gasteiger charge is 2.44. The molecule has 0 aromatic heterocycles. The second-order valence-corrected chi connectivity index (χ2v) is 9.31. The van der Waals surface area contributed by atoms with Gasteiger partial charge in [-0.05, 0) is 42.3 Å². The van der Waals surface area contributed by atoms with Crippen LogP contribution in [0.25, 0.3) is 5.57 Å². The van der Waals surface area contributed by atoms with Gasteiger partial charge < -0.3 is 15.0 Å². The molecule has 35 heavy (non-hydrogen) atoms. The van der Waals surface area contributed by atoms with E-state index >= 15 is 0 Å². The summed E-state index contributed by atoms with van der Waals surface area (Å²) >= 11 is 5.87. The minimum atomic E-state index is -5.84. The molecule has 1 fully saturated rings. The number of hydrogen-bond donors (Lipinski definition) is 2. The SMILES string of the molecule is C=C(C)c1cc(N2CCOCC2)cc(F)c1C(=O)NCc1ccc(Cl)cc1.O=S(=O)(O)C(F)(F)F. The molecule has 2 aromatic rings. The van der Waals surface area contributed by atoms with Crippen LogP contribution in [0.4, 0.5) is 23.2 Å². The van der Waals surface area contributed by atoms with E-state index in [0.717, 1.165) is 11.3 Å². The molecule has 0 atom stereocenters. The highest BCUT2D eigenvalue weighted by atomic mass is 35.5. The topological polar surface area (TPSA) is 95.9 Å². The minimum absolute atomic E-state index is 0.0217. The second kappa shape index (κ2) is 11.8. The van der Waals surface area contributed by atoms with Crippen molar-refractivity contribution in [1.29, 1.82) is 0 Å². The first-order valence-corrected chi connectivity index (χ1v) is 11.9. The van der Waals surface area contributed by atoms with E-state index in [9.17, 15) is 22.4 Å². The Hall–Kier alpha value is -2.67. The third-order valence-electron chi connectivity index (χ3n) is 4.80. The molecule has 1 amide bonds. The molecule has 7 nitrogen and oxygen atoms in total. The number of nitrogens with one attached hydrogen (secondary N) is 1. The van der Waals surface area contributed by atoms with Crippen LogP contribution in [0.2, 0.25) is 5.02 Å². The van der Waals surface area contributed by atoms with E-state index in [2.05, 4.69) is 16.8 Å². The van der Waals surface area contributed by atoms with Gasteiger partial charge in [0, 0.05) is 30.3 Å².